The Morgan fingerprint density at radius 1 is 1.56 bits per heavy atom. The van der Waals surface area contributed by atoms with Gasteiger partial charge in [0.1, 0.15) is 5.82 Å². The second-order valence-corrected chi connectivity index (χ2v) is 3.28. The van der Waals surface area contributed by atoms with Crippen LogP contribution in [0.2, 0.25) is 0 Å². The van der Waals surface area contributed by atoms with Crippen LogP contribution in [0.25, 0.3) is 0 Å². The number of hydrogen-bond acceptors (Lipinski definition) is 3. The number of amides is 1. The van der Waals surface area contributed by atoms with E-state index in [1.165, 1.54) is 23.1 Å². The first-order valence-corrected chi connectivity index (χ1v) is 4.87. The summed E-state index contributed by atoms with van der Waals surface area (Å²) in [5.41, 5.74) is 5.39. The number of primary amides is 1. The summed E-state index contributed by atoms with van der Waals surface area (Å²) < 4.78 is 13.6. The number of aldehydes is 1. The summed E-state index contributed by atoms with van der Waals surface area (Å²) in [6, 6.07) is 4.18. The highest BCUT2D eigenvalue weighted by atomic mass is 19.1. The van der Waals surface area contributed by atoms with Crippen LogP contribution in [0.15, 0.2) is 18.2 Å². The zero-order chi connectivity index (χ0) is 12.1. The van der Waals surface area contributed by atoms with Gasteiger partial charge in [-0.1, -0.05) is 6.07 Å². The van der Waals surface area contributed by atoms with E-state index in [-0.39, 0.29) is 17.8 Å². The molecule has 1 aromatic rings. The fourth-order valence-corrected chi connectivity index (χ4v) is 1.50. The van der Waals surface area contributed by atoms with Crippen LogP contribution in [-0.2, 0) is 4.79 Å². The van der Waals surface area contributed by atoms with Crippen LogP contribution in [0, 0.1) is 5.82 Å². The van der Waals surface area contributed by atoms with E-state index < -0.39 is 11.7 Å². The Balaban J connectivity index is 3.17. The Bertz CT molecular complexity index is 407. The molecule has 0 atom stereocenters. The molecule has 0 aliphatic carbocycles. The number of halogens is 1. The van der Waals surface area contributed by atoms with Gasteiger partial charge in [0.2, 0.25) is 5.91 Å². The third-order valence-corrected chi connectivity index (χ3v) is 2.19. The Hall–Kier alpha value is -1.91. The number of hydrogen-bond donors (Lipinski definition) is 1. The van der Waals surface area contributed by atoms with Crippen molar-refractivity contribution in [3.8, 4) is 0 Å². The highest BCUT2D eigenvalue weighted by molar-refractivity contribution is 5.87. The third-order valence-electron chi connectivity index (χ3n) is 2.19. The van der Waals surface area contributed by atoms with Crippen LogP contribution in [0.5, 0.6) is 0 Å². The summed E-state index contributed by atoms with van der Waals surface area (Å²) >= 11 is 0. The normalized spacial score (nSPS) is 9.88. The van der Waals surface area contributed by atoms with Crippen LogP contribution in [-0.4, -0.2) is 25.3 Å². The maximum Gasteiger partial charge on any atom is 0.236 e. The number of carbonyl (C=O) groups excluding carboxylic acids is 2. The maximum absolute atomic E-state index is 13.6. The van der Waals surface area contributed by atoms with Gasteiger partial charge in [0.25, 0.3) is 0 Å². The topological polar surface area (TPSA) is 63.4 Å². The minimum Gasteiger partial charge on any atom is -0.368 e. The number of para-hydroxylation sites is 1. The quantitative estimate of drug-likeness (QED) is 0.757. The van der Waals surface area contributed by atoms with Gasteiger partial charge < -0.3 is 10.6 Å². The molecule has 0 radical (unpaired) electrons. The molecule has 0 aliphatic rings. The minimum atomic E-state index is -0.568. The van der Waals surface area contributed by atoms with E-state index in [1.54, 1.807) is 6.92 Å². The smallest absolute Gasteiger partial charge is 0.236 e. The molecule has 1 aromatic carbocycles. The van der Waals surface area contributed by atoms with E-state index in [0.29, 0.717) is 12.8 Å². The predicted molar refractivity (Wildman–Crippen MR) is 58.9 cm³/mol. The van der Waals surface area contributed by atoms with Crippen LogP contribution in [0.1, 0.15) is 17.3 Å². The summed E-state index contributed by atoms with van der Waals surface area (Å²) in [6.07, 6.45) is 0.558. The van der Waals surface area contributed by atoms with Gasteiger partial charge in [0.05, 0.1) is 12.2 Å². The van der Waals surface area contributed by atoms with Gasteiger partial charge in [-0.25, -0.2) is 4.39 Å². The molecule has 0 saturated heterocycles. The molecule has 0 heterocycles. The highest BCUT2D eigenvalue weighted by Gasteiger charge is 2.15. The Kier molecular flexibility index (Phi) is 3.99. The number of benzene rings is 1. The number of carbonyl (C=O) groups is 2. The van der Waals surface area contributed by atoms with Gasteiger partial charge in [0, 0.05) is 12.1 Å². The molecule has 0 saturated carbocycles. The summed E-state index contributed by atoms with van der Waals surface area (Å²) in [5, 5.41) is 0. The number of nitrogens with two attached hydrogens (primary N) is 1. The van der Waals surface area contributed by atoms with Crippen molar-refractivity contribution in [3.63, 3.8) is 0 Å². The second-order valence-electron chi connectivity index (χ2n) is 3.28. The Labute approximate surface area is 92.8 Å². The van der Waals surface area contributed by atoms with Crippen molar-refractivity contribution in [2.75, 3.05) is 18.0 Å². The lowest BCUT2D eigenvalue weighted by atomic mass is 10.1. The maximum atomic E-state index is 13.6. The molecule has 2 N–H and O–H groups in total. The zero-order valence-corrected chi connectivity index (χ0v) is 8.94. The van der Waals surface area contributed by atoms with Crippen molar-refractivity contribution >= 4 is 17.9 Å². The average molecular weight is 224 g/mol. The number of nitrogens with zero attached hydrogens (tertiary/aromatic N) is 1. The molecule has 1 rings (SSSR count). The van der Waals surface area contributed by atoms with Crippen LogP contribution < -0.4 is 10.6 Å². The molecule has 0 aromatic heterocycles. The molecule has 1 amide bonds. The highest BCUT2D eigenvalue weighted by Crippen LogP contribution is 2.22. The molecular weight excluding hydrogens is 211 g/mol. The van der Waals surface area contributed by atoms with Gasteiger partial charge in [0.15, 0.2) is 6.29 Å². The summed E-state index contributed by atoms with van der Waals surface area (Å²) in [6.45, 7) is 2.03. The van der Waals surface area contributed by atoms with Crippen molar-refractivity contribution in [3.05, 3.63) is 29.6 Å². The fraction of sp³-hybridized carbons (Fsp3) is 0.273. The van der Waals surface area contributed by atoms with Crippen molar-refractivity contribution in [1.29, 1.82) is 0 Å². The zero-order valence-electron chi connectivity index (χ0n) is 8.94. The molecule has 5 heteroatoms. The first kappa shape index (κ1) is 12.2. The van der Waals surface area contributed by atoms with E-state index >= 15 is 0 Å². The van der Waals surface area contributed by atoms with Gasteiger partial charge in [-0.05, 0) is 19.1 Å². The van der Waals surface area contributed by atoms with Crippen molar-refractivity contribution in [2.45, 2.75) is 6.92 Å². The van der Waals surface area contributed by atoms with E-state index in [4.69, 9.17) is 5.73 Å². The SMILES string of the molecule is CCN(CC(N)=O)c1c(F)cccc1C=O. The standard InChI is InChI=1S/C11H13FN2O2/c1-2-14(6-10(13)16)11-8(7-15)4-3-5-9(11)12/h3-5,7H,2,6H2,1H3,(H2,13,16). The molecule has 0 aliphatic heterocycles. The lowest BCUT2D eigenvalue weighted by Crippen LogP contribution is -2.34. The Morgan fingerprint density at radius 2 is 2.25 bits per heavy atom. The molecule has 0 spiro atoms. The van der Waals surface area contributed by atoms with Crippen LogP contribution in [0.3, 0.4) is 0 Å². The molecule has 16 heavy (non-hydrogen) atoms. The summed E-state index contributed by atoms with van der Waals surface area (Å²) in [4.78, 5) is 23.0. The molecule has 0 bridgehead atoms. The fourth-order valence-electron chi connectivity index (χ4n) is 1.50. The predicted octanol–water partition coefficient (Wildman–Crippen LogP) is 0.950. The second kappa shape index (κ2) is 5.25. The summed E-state index contributed by atoms with van der Waals surface area (Å²) in [5.74, 6) is -1.10. The van der Waals surface area contributed by atoms with Crippen molar-refractivity contribution in [2.24, 2.45) is 5.73 Å². The third kappa shape index (κ3) is 2.56. The van der Waals surface area contributed by atoms with Crippen molar-refractivity contribution in [1.82, 2.24) is 0 Å². The largest absolute Gasteiger partial charge is 0.368 e. The van der Waals surface area contributed by atoms with E-state index in [2.05, 4.69) is 0 Å². The van der Waals surface area contributed by atoms with Gasteiger partial charge >= 0.3 is 0 Å². The average Bonchev–Trinajstić information content (AvgIpc) is 2.25. The minimum absolute atomic E-state index is 0.113. The van der Waals surface area contributed by atoms with Gasteiger partial charge in [-0.3, -0.25) is 9.59 Å². The number of rotatable bonds is 5. The van der Waals surface area contributed by atoms with Crippen LogP contribution >= 0.6 is 0 Å². The van der Waals surface area contributed by atoms with E-state index in [9.17, 15) is 14.0 Å². The van der Waals surface area contributed by atoms with Crippen LogP contribution in [0.4, 0.5) is 10.1 Å². The Morgan fingerprint density at radius 3 is 2.75 bits per heavy atom. The van der Waals surface area contributed by atoms with Crippen molar-refractivity contribution < 1.29 is 14.0 Å². The molecule has 86 valence electrons. The van der Waals surface area contributed by atoms with E-state index in [1.807, 2.05) is 0 Å². The number of anilines is 1. The molecular formula is C11H13FN2O2. The van der Waals surface area contributed by atoms with Gasteiger partial charge in [-0.15, -0.1) is 0 Å². The molecule has 0 unspecified atom stereocenters. The first-order chi connectivity index (χ1) is 7.60. The lowest BCUT2D eigenvalue weighted by Gasteiger charge is -2.23. The van der Waals surface area contributed by atoms with E-state index in [0.717, 1.165) is 0 Å². The first-order valence-electron chi connectivity index (χ1n) is 4.87. The van der Waals surface area contributed by atoms with Gasteiger partial charge in [-0.2, -0.15) is 0 Å². The molecule has 0 fully saturated rings. The molecule has 4 nitrogen and oxygen atoms in total. The summed E-state index contributed by atoms with van der Waals surface area (Å²) in [7, 11) is 0. The lowest BCUT2D eigenvalue weighted by molar-refractivity contribution is -0.116. The number of likely N-dealkylation sites (N-methyl/N-ethyl adjacent to an activating group) is 1. The monoisotopic (exact) mass is 224 g/mol.